The van der Waals surface area contributed by atoms with E-state index in [4.69, 9.17) is 4.74 Å². The Morgan fingerprint density at radius 2 is 1.92 bits per heavy atom. The van der Waals surface area contributed by atoms with Crippen molar-refractivity contribution in [2.24, 2.45) is 0 Å². The van der Waals surface area contributed by atoms with Crippen molar-refractivity contribution in [3.05, 3.63) is 23.8 Å². The Hall–Kier alpha value is -2.09. The van der Waals surface area contributed by atoms with Crippen LogP contribution >= 0.6 is 0 Å². The number of fused-ring (bicyclic) bond motifs is 1. The van der Waals surface area contributed by atoms with Gasteiger partial charge in [-0.3, -0.25) is 9.69 Å². The lowest BCUT2D eigenvalue weighted by molar-refractivity contribution is -0.139. The largest absolute Gasteiger partial charge is 0.469 e. The molecule has 0 bridgehead atoms. The van der Waals surface area contributed by atoms with E-state index in [-0.39, 0.29) is 29.3 Å². The molecule has 0 saturated heterocycles. The van der Waals surface area contributed by atoms with Gasteiger partial charge in [0.05, 0.1) is 29.9 Å². The van der Waals surface area contributed by atoms with Gasteiger partial charge in [0.2, 0.25) is 0 Å². The highest BCUT2D eigenvalue weighted by atomic mass is 32.2. The zero-order valence-corrected chi connectivity index (χ0v) is 15.0. The summed E-state index contributed by atoms with van der Waals surface area (Å²) in [6, 6.07) is 4.54. The van der Waals surface area contributed by atoms with Crippen LogP contribution in [0.25, 0.3) is 0 Å². The molecule has 0 aliphatic carbocycles. The second kappa shape index (κ2) is 6.43. The van der Waals surface area contributed by atoms with Crippen LogP contribution in [0, 0.1) is 0 Å². The first-order valence-corrected chi connectivity index (χ1v) is 9.12. The van der Waals surface area contributed by atoms with Gasteiger partial charge in [-0.1, -0.05) is 6.07 Å². The predicted molar refractivity (Wildman–Crippen MR) is 87.8 cm³/mol. The number of ether oxygens (including phenoxy) is 2. The fourth-order valence-corrected chi connectivity index (χ4v) is 3.80. The Labute approximate surface area is 141 Å². The highest BCUT2D eigenvalue weighted by molar-refractivity contribution is 7.91. The number of esters is 1. The van der Waals surface area contributed by atoms with Gasteiger partial charge in [-0.2, -0.15) is 0 Å². The minimum atomic E-state index is -3.52. The molecule has 0 aromatic heterocycles. The Morgan fingerprint density at radius 1 is 1.25 bits per heavy atom. The molecular weight excluding hydrogens is 334 g/mol. The van der Waals surface area contributed by atoms with Gasteiger partial charge in [-0.25, -0.2) is 13.2 Å². The highest BCUT2D eigenvalue weighted by Crippen LogP contribution is 2.32. The molecule has 0 atom stereocenters. The van der Waals surface area contributed by atoms with Crippen molar-refractivity contribution in [2.45, 2.75) is 37.7 Å². The number of anilines is 1. The van der Waals surface area contributed by atoms with Crippen LogP contribution in [0.15, 0.2) is 23.1 Å². The molecule has 0 radical (unpaired) electrons. The van der Waals surface area contributed by atoms with Crippen molar-refractivity contribution in [3.8, 4) is 0 Å². The molecule has 1 aromatic carbocycles. The number of carbonyl (C=O) groups excluding carboxylic acids is 2. The quantitative estimate of drug-likeness (QED) is 0.753. The van der Waals surface area contributed by atoms with E-state index >= 15 is 0 Å². The first-order valence-electron chi connectivity index (χ1n) is 7.46. The van der Waals surface area contributed by atoms with Crippen LogP contribution in [0.4, 0.5) is 10.5 Å². The molecule has 7 nitrogen and oxygen atoms in total. The summed E-state index contributed by atoms with van der Waals surface area (Å²) >= 11 is 0. The number of rotatable bonds is 2. The summed E-state index contributed by atoms with van der Waals surface area (Å²) in [6.45, 7) is 5.25. The van der Waals surface area contributed by atoms with E-state index in [1.807, 2.05) is 0 Å². The van der Waals surface area contributed by atoms with Crippen LogP contribution in [0.5, 0.6) is 0 Å². The van der Waals surface area contributed by atoms with Gasteiger partial charge in [0.15, 0.2) is 9.84 Å². The van der Waals surface area contributed by atoms with Gasteiger partial charge in [0.25, 0.3) is 0 Å². The number of hydrogen-bond donors (Lipinski definition) is 0. The molecule has 1 heterocycles. The molecule has 0 spiro atoms. The average Bonchev–Trinajstić information content (AvgIpc) is 2.45. The number of amides is 1. The molecule has 132 valence electrons. The van der Waals surface area contributed by atoms with Crippen LogP contribution < -0.4 is 4.90 Å². The number of nitrogens with zero attached hydrogens (tertiary/aromatic N) is 1. The van der Waals surface area contributed by atoms with E-state index in [1.54, 1.807) is 26.8 Å². The van der Waals surface area contributed by atoms with Crippen molar-refractivity contribution in [3.63, 3.8) is 0 Å². The molecule has 2 rings (SSSR count). The molecule has 0 saturated carbocycles. The van der Waals surface area contributed by atoms with Crippen LogP contribution in [0.3, 0.4) is 0 Å². The summed E-state index contributed by atoms with van der Waals surface area (Å²) in [4.78, 5) is 25.1. The van der Waals surface area contributed by atoms with Crippen LogP contribution in [0.2, 0.25) is 0 Å². The van der Waals surface area contributed by atoms with E-state index in [0.29, 0.717) is 5.56 Å². The maximum Gasteiger partial charge on any atom is 0.414 e. The van der Waals surface area contributed by atoms with E-state index in [1.165, 1.54) is 24.1 Å². The smallest absolute Gasteiger partial charge is 0.414 e. The van der Waals surface area contributed by atoms with Crippen molar-refractivity contribution in [1.29, 1.82) is 0 Å². The van der Waals surface area contributed by atoms with E-state index < -0.39 is 27.5 Å². The van der Waals surface area contributed by atoms with Gasteiger partial charge < -0.3 is 9.47 Å². The zero-order chi connectivity index (χ0) is 18.1. The molecule has 0 N–H and O–H groups in total. The Balaban J connectivity index is 2.40. The standard InChI is InChI=1S/C16H21NO6S/c1-16(2,3)23-15(19)17-7-8-24(20,21)13-9-11(5-6-12(13)17)10-14(18)22-4/h5-6,9H,7-8,10H2,1-4H3. The zero-order valence-electron chi connectivity index (χ0n) is 14.2. The van der Waals surface area contributed by atoms with Crippen molar-refractivity contribution >= 4 is 27.6 Å². The summed E-state index contributed by atoms with van der Waals surface area (Å²) in [7, 11) is -2.25. The van der Waals surface area contributed by atoms with Crippen molar-refractivity contribution < 1.29 is 27.5 Å². The molecule has 0 fully saturated rings. The SMILES string of the molecule is COC(=O)Cc1ccc2c(c1)S(=O)(=O)CCN2C(=O)OC(C)(C)C. The number of methoxy groups -OCH3 is 1. The normalized spacial score (nSPS) is 16.2. The van der Waals surface area contributed by atoms with E-state index in [9.17, 15) is 18.0 Å². The Kier molecular flexibility index (Phi) is 4.89. The third-order valence-electron chi connectivity index (χ3n) is 3.42. The van der Waals surface area contributed by atoms with Gasteiger partial charge in [0.1, 0.15) is 5.60 Å². The molecule has 0 unspecified atom stereocenters. The van der Waals surface area contributed by atoms with Gasteiger partial charge in [-0.05, 0) is 38.5 Å². The maximum absolute atomic E-state index is 12.3. The summed E-state index contributed by atoms with van der Waals surface area (Å²) in [5, 5.41) is 0. The summed E-state index contributed by atoms with van der Waals surface area (Å²) in [5.74, 6) is -0.659. The molecule has 1 amide bonds. The molecular formula is C16H21NO6S. The summed E-state index contributed by atoms with van der Waals surface area (Å²) in [5.41, 5.74) is 0.0950. The van der Waals surface area contributed by atoms with Gasteiger partial charge in [0, 0.05) is 6.54 Å². The number of hydrogen-bond acceptors (Lipinski definition) is 6. The third kappa shape index (κ3) is 4.05. The lowest BCUT2D eigenvalue weighted by Crippen LogP contribution is -2.42. The number of carbonyl (C=O) groups is 2. The first kappa shape index (κ1) is 18.3. The maximum atomic E-state index is 12.3. The average molecular weight is 355 g/mol. The highest BCUT2D eigenvalue weighted by Gasteiger charge is 2.34. The second-order valence-electron chi connectivity index (χ2n) is 6.51. The van der Waals surface area contributed by atoms with E-state index in [0.717, 1.165) is 0 Å². The fraction of sp³-hybridized carbons (Fsp3) is 0.500. The van der Waals surface area contributed by atoms with E-state index in [2.05, 4.69) is 4.74 Å². The second-order valence-corrected chi connectivity index (χ2v) is 8.58. The Morgan fingerprint density at radius 3 is 2.50 bits per heavy atom. The predicted octanol–water partition coefficient (Wildman–Crippen LogP) is 1.93. The van der Waals surface area contributed by atoms with Gasteiger partial charge >= 0.3 is 12.1 Å². The monoisotopic (exact) mass is 355 g/mol. The summed E-state index contributed by atoms with van der Waals surface area (Å²) in [6.07, 6.45) is -0.634. The van der Waals surface area contributed by atoms with Gasteiger partial charge in [-0.15, -0.1) is 0 Å². The first-order chi connectivity index (χ1) is 11.0. The third-order valence-corrected chi connectivity index (χ3v) is 5.14. The van der Waals surface area contributed by atoms with Crippen LogP contribution in [-0.4, -0.2) is 45.5 Å². The fourth-order valence-electron chi connectivity index (χ4n) is 2.33. The molecule has 1 aromatic rings. The number of benzene rings is 1. The molecule has 1 aliphatic rings. The van der Waals surface area contributed by atoms with Crippen LogP contribution in [0.1, 0.15) is 26.3 Å². The molecule has 1 aliphatic heterocycles. The number of sulfone groups is 1. The Bertz CT molecular complexity index is 763. The molecule has 8 heteroatoms. The lowest BCUT2D eigenvalue weighted by Gasteiger charge is -2.31. The van der Waals surface area contributed by atoms with Crippen molar-refractivity contribution in [2.75, 3.05) is 24.3 Å². The topological polar surface area (TPSA) is 90.0 Å². The minimum Gasteiger partial charge on any atom is -0.469 e. The van der Waals surface area contributed by atoms with Crippen molar-refractivity contribution in [1.82, 2.24) is 0 Å². The van der Waals surface area contributed by atoms with Crippen LogP contribution in [-0.2, 0) is 30.5 Å². The molecule has 24 heavy (non-hydrogen) atoms. The lowest BCUT2D eigenvalue weighted by atomic mass is 10.1. The summed E-state index contributed by atoms with van der Waals surface area (Å²) < 4.78 is 34.6. The minimum absolute atomic E-state index is 0.0284.